The first kappa shape index (κ1) is 23.3. The van der Waals surface area contributed by atoms with Crippen molar-refractivity contribution < 1.29 is 23.8 Å². The van der Waals surface area contributed by atoms with Crippen LogP contribution in [0.2, 0.25) is 5.02 Å². The van der Waals surface area contributed by atoms with E-state index >= 15 is 0 Å². The number of esters is 1. The van der Waals surface area contributed by atoms with Crippen molar-refractivity contribution in [2.75, 3.05) is 13.7 Å². The molecule has 0 bridgehead atoms. The predicted octanol–water partition coefficient (Wildman–Crippen LogP) is 4.86. The molecule has 7 nitrogen and oxygen atoms in total. The second kappa shape index (κ2) is 11.3. The third-order valence-electron chi connectivity index (χ3n) is 4.06. The summed E-state index contributed by atoms with van der Waals surface area (Å²) in [6.45, 7) is -0.227. The van der Waals surface area contributed by atoms with Crippen LogP contribution in [-0.4, -0.2) is 31.8 Å². The number of benzene rings is 3. The van der Waals surface area contributed by atoms with Crippen molar-refractivity contribution in [3.05, 3.63) is 87.4 Å². The molecule has 0 unspecified atom stereocenters. The zero-order chi connectivity index (χ0) is 22.9. The molecule has 1 N–H and O–H groups in total. The Balaban J connectivity index is 1.56. The lowest BCUT2D eigenvalue weighted by Gasteiger charge is -2.10. The van der Waals surface area contributed by atoms with Crippen molar-refractivity contribution in [3.63, 3.8) is 0 Å². The Morgan fingerprint density at radius 3 is 2.50 bits per heavy atom. The number of hydrogen-bond acceptors (Lipinski definition) is 6. The van der Waals surface area contributed by atoms with Gasteiger partial charge in [0, 0.05) is 5.02 Å². The number of nitrogens with one attached hydrogen (secondary N) is 1. The van der Waals surface area contributed by atoms with E-state index in [1.807, 2.05) is 6.07 Å². The van der Waals surface area contributed by atoms with Crippen LogP contribution in [0.15, 0.2) is 76.3 Å². The summed E-state index contributed by atoms with van der Waals surface area (Å²) in [5.74, 6) is 0.164. The van der Waals surface area contributed by atoms with Gasteiger partial charge in [0.05, 0.1) is 23.4 Å². The van der Waals surface area contributed by atoms with E-state index in [1.54, 1.807) is 60.7 Å². The summed E-state index contributed by atoms with van der Waals surface area (Å²) in [6, 6.07) is 18.5. The lowest BCUT2D eigenvalue weighted by molar-refractivity contribution is -0.123. The van der Waals surface area contributed by atoms with Crippen molar-refractivity contribution in [2.45, 2.75) is 0 Å². The number of hydrazone groups is 1. The number of nitrogens with zero attached hydrogens (tertiary/aromatic N) is 1. The lowest BCUT2D eigenvalue weighted by Crippen LogP contribution is -2.24. The van der Waals surface area contributed by atoms with Crippen LogP contribution in [0, 0.1) is 0 Å². The Bertz CT molecular complexity index is 1140. The molecule has 1 amide bonds. The number of carbonyl (C=O) groups excluding carboxylic acids is 2. The largest absolute Gasteiger partial charge is 0.493 e. The van der Waals surface area contributed by atoms with Gasteiger partial charge in [-0.15, -0.1) is 0 Å². The maximum Gasteiger partial charge on any atom is 0.343 e. The number of methoxy groups -OCH3 is 1. The summed E-state index contributed by atoms with van der Waals surface area (Å²) in [4.78, 5) is 24.2. The van der Waals surface area contributed by atoms with E-state index in [0.717, 1.165) is 0 Å². The molecule has 3 aromatic rings. The van der Waals surface area contributed by atoms with Gasteiger partial charge in [-0.05, 0) is 70.0 Å². The zero-order valence-corrected chi connectivity index (χ0v) is 19.2. The van der Waals surface area contributed by atoms with Gasteiger partial charge < -0.3 is 14.2 Å². The Labute approximate surface area is 198 Å². The molecule has 0 aliphatic carbocycles. The van der Waals surface area contributed by atoms with E-state index in [4.69, 9.17) is 25.8 Å². The molecular weight excluding hydrogens is 500 g/mol. The maximum atomic E-state index is 12.2. The normalized spacial score (nSPS) is 10.6. The van der Waals surface area contributed by atoms with E-state index < -0.39 is 11.9 Å². The molecule has 9 heteroatoms. The van der Waals surface area contributed by atoms with Crippen molar-refractivity contribution in [2.24, 2.45) is 5.10 Å². The van der Waals surface area contributed by atoms with Crippen molar-refractivity contribution in [3.8, 4) is 17.2 Å². The molecular formula is C23H18BrClN2O5. The molecule has 0 aliphatic rings. The highest BCUT2D eigenvalue weighted by Gasteiger charge is 2.12. The predicted molar refractivity (Wildman–Crippen MR) is 125 cm³/mol. The first-order valence-electron chi connectivity index (χ1n) is 9.31. The average Bonchev–Trinajstić information content (AvgIpc) is 2.80. The number of carbonyl (C=O) groups is 2. The van der Waals surface area contributed by atoms with Gasteiger partial charge >= 0.3 is 5.97 Å². The van der Waals surface area contributed by atoms with Crippen molar-refractivity contribution in [1.82, 2.24) is 5.43 Å². The first-order chi connectivity index (χ1) is 15.5. The van der Waals surface area contributed by atoms with Crippen LogP contribution in [0.4, 0.5) is 0 Å². The second-order valence-corrected chi connectivity index (χ2v) is 7.61. The molecule has 0 saturated heterocycles. The number of rotatable bonds is 8. The molecule has 0 saturated carbocycles. The number of halogens is 2. The summed E-state index contributed by atoms with van der Waals surface area (Å²) in [5, 5.41) is 4.45. The molecule has 0 radical (unpaired) electrons. The molecule has 0 heterocycles. The number of hydrogen-bond donors (Lipinski definition) is 1. The van der Waals surface area contributed by atoms with Gasteiger partial charge in [0.15, 0.2) is 18.1 Å². The average molecular weight is 518 g/mol. The standard InChI is InChI=1S/C23H18BrClN2O5/c1-30-21-11-15(7-9-20(21)32-23(29)16-5-3-2-4-6-16)13-26-27-22(28)14-31-19-10-8-17(25)12-18(19)24/h2-13H,14H2,1H3,(H,27,28). The minimum absolute atomic E-state index is 0.227. The summed E-state index contributed by atoms with van der Waals surface area (Å²) in [7, 11) is 1.46. The Hall–Kier alpha value is -3.36. The van der Waals surface area contributed by atoms with Gasteiger partial charge in [0.2, 0.25) is 0 Å². The van der Waals surface area contributed by atoms with Crippen molar-refractivity contribution >= 4 is 45.6 Å². The molecule has 164 valence electrons. The topological polar surface area (TPSA) is 86.2 Å². The molecule has 3 rings (SSSR count). The number of ether oxygens (including phenoxy) is 3. The monoisotopic (exact) mass is 516 g/mol. The van der Waals surface area contributed by atoms with Crippen LogP contribution < -0.4 is 19.6 Å². The first-order valence-corrected chi connectivity index (χ1v) is 10.5. The van der Waals surface area contributed by atoms with Gasteiger partial charge in [0.1, 0.15) is 5.75 Å². The fourth-order valence-electron chi connectivity index (χ4n) is 2.53. The Morgan fingerprint density at radius 2 is 1.78 bits per heavy atom. The van der Waals surface area contributed by atoms with E-state index in [9.17, 15) is 9.59 Å². The van der Waals surface area contributed by atoms with Gasteiger partial charge in [-0.25, -0.2) is 10.2 Å². The molecule has 0 aromatic heterocycles. The highest BCUT2D eigenvalue weighted by Crippen LogP contribution is 2.29. The van der Waals surface area contributed by atoms with E-state index in [0.29, 0.717) is 32.1 Å². The van der Waals surface area contributed by atoms with Crippen LogP contribution in [0.25, 0.3) is 0 Å². The van der Waals surface area contributed by atoms with E-state index in [-0.39, 0.29) is 12.4 Å². The highest BCUT2D eigenvalue weighted by atomic mass is 79.9. The van der Waals surface area contributed by atoms with E-state index in [1.165, 1.54) is 13.3 Å². The molecule has 0 aliphatic heterocycles. The Kier molecular flexibility index (Phi) is 8.24. The highest BCUT2D eigenvalue weighted by molar-refractivity contribution is 9.10. The van der Waals surface area contributed by atoms with Gasteiger partial charge in [-0.2, -0.15) is 5.10 Å². The Morgan fingerprint density at radius 1 is 1.03 bits per heavy atom. The maximum absolute atomic E-state index is 12.2. The van der Waals surface area contributed by atoms with Crippen LogP contribution in [-0.2, 0) is 4.79 Å². The SMILES string of the molecule is COc1cc(C=NNC(=O)COc2ccc(Cl)cc2Br)ccc1OC(=O)c1ccccc1. The van der Waals surface area contributed by atoms with Crippen LogP contribution in [0.1, 0.15) is 15.9 Å². The number of amides is 1. The minimum Gasteiger partial charge on any atom is -0.493 e. The molecule has 0 atom stereocenters. The molecule has 3 aromatic carbocycles. The van der Waals surface area contributed by atoms with Gasteiger partial charge in [0.25, 0.3) is 5.91 Å². The third-order valence-corrected chi connectivity index (χ3v) is 4.91. The van der Waals surface area contributed by atoms with Crippen LogP contribution >= 0.6 is 27.5 Å². The summed E-state index contributed by atoms with van der Waals surface area (Å²) in [6.07, 6.45) is 1.43. The molecule has 0 spiro atoms. The lowest BCUT2D eigenvalue weighted by atomic mass is 10.2. The van der Waals surface area contributed by atoms with Gasteiger partial charge in [-0.3, -0.25) is 4.79 Å². The van der Waals surface area contributed by atoms with Crippen molar-refractivity contribution in [1.29, 1.82) is 0 Å². The van der Waals surface area contributed by atoms with Crippen LogP contribution in [0.3, 0.4) is 0 Å². The third kappa shape index (κ3) is 6.57. The zero-order valence-electron chi connectivity index (χ0n) is 16.9. The summed E-state index contributed by atoms with van der Waals surface area (Å²) in [5.41, 5.74) is 3.43. The van der Waals surface area contributed by atoms with Gasteiger partial charge in [-0.1, -0.05) is 29.8 Å². The molecule has 0 fully saturated rings. The summed E-state index contributed by atoms with van der Waals surface area (Å²) < 4.78 is 16.8. The fraction of sp³-hybridized carbons (Fsp3) is 0.0870. The molecule has 32 heavy (non-hydrogen) atoms. The van der Waals surface area contributed by atoms with Crippen LogP contribution in [0.5, 0.6) is 17.2 Å². The van der Waals surface area contributed by atoms with E-state index in [2.05, 4.69) is 26.5 Å². The quantitative estimate of drug-likeness (QED) is 0.200. The minimum atomic E-state index is -0.495. The second-order valence-electron chi connectivity index (χ2n) is 6.32. The summed E-state index contributed by atoms with van der Waals surface area (Å²) >= 11 is 9.19. The fourth-order valence-corrected chi connectivity index (χ4v) is 3.33. The smallest absolute Gasteiger partial charge is 0.343 e.